The first-order valence-electron chi connectivity index (χ1n) is 45.2. The molecule has 26 heteroatoms. The van der Waals surface area contributed by atoms with E-state index in [9.17, 15) is 48.7 Å². The van der Waals surface area contributed by atoms with E-state index in [2.05, 4.69) is 77.2 Å². The average Bonchev–Trinajstić information content (AvgIpc) is 0.752. The van der Waals surface area contributed by atoms with Crippen molar-refractivity contribution in [3.05, 3.63) is 215 Å². The Morgan fingerprint density at radius 2 is 0.746 bits per heavy atom. The number of aromatic carboxylic acids is 1. The van der Waals surface area contributed by atoms with Crippen LogP contribution in [-0.2, 0) is 31.6 Å². The molecule has 0 bridgehead atoms. The van der Waals surface area contributed by atoms with Gasteiger partial charge in [0.25, 0.3) is 4.20 Å². The molecule has 8 aromatic carbocycles. The largest absolute Gasteiger partial charge is 0.741 e. The highest BCUT2D eigenvalue weighted by molar-refractivity contribution is 8.23. The van der Waals surface area contributed by atoms with Crippen LogP contribution in [0.5, 0.6) is 11.5 Å². The summed E-state index contributed by atoms with van der Waals surface area (Å²) in [6.45, 7) is 7.21. The zero-order chi connectivity index (χ0) is 91.9. The standard InChI is InChI=1S/C22H16F2O2.C21H31S2.C18H26O2.2C17H25F.C3H8S2.2CHF3O3S/c23-13-25-19-11-9-15-5-1-3-7-17(15)21(19)22-18-8-4-2-6-16(18)10-12-20(22)26-14-24;1-2-3-4-6-17-7-9-18(10-8-17)19-11-13-20(14-12-19)21-22-15-5-16-23-21;1-2-3-4-5-14-6-8-15(9-7-14)16-10-12-17(13-11-16)18(19)20;2*1-2-3-4-5-14-6-8-15(9-7-14)16-10-12-17(18)13-11-16;4-2-1-3-5;2*2-1(3,4)8(5,6)7/h1-12H,13-14H2;11-14,17-18H,2-10,15-16H2,1H3;10-15H,2-9H2,1H3,(H,19,20);2*10-15H,2-9H2,1H3;4-5H,1-3H2;2*(H,5,6,7)/q;+1;;;;;;/p-1. The highest BCUT2D eigenvalue weighted by atomic mass is 32.2. The van der Waals surface area contributed by atoms with Crippen molar-refractivity contribution in [3.8, 4) is 22.6 Å². The highest BCUT2D eigenvalue weighted by Crippen LogP contribution is 2.47. The molecular weight excluding hydrogens is 1740 g/mol. The summed E-state index contributed by atoms with van der Waals surface area (Å²) in [6.07, 6.45) is 46.3. The highest BCUT2D eigenvalue weighted by Gasteiger charge is 2.44. The van der Waals surface area contributed by atoms with Crippen LogP contribution < -0.4 is 9.47 Å². The zero-order valence-corrected chi connectivity index (χ0v) is 78.6. The van der Waals surface area contributed by atoms with E-state index in [-0.39, 0.29) is 11.6 Å². The van der Waals surface area contributed by atoms with Gasteiger partial charge in [-0.15, -0.1) is 0 Å². The zero-order valence-electron chi connectivity index (χ0n) is 73.5. The van der Waals surface area contributed by atoms with Crippen molar-refractivity contribution in [2.45, 2.75) is 281 Å². The van der Waals surface area contributed by atoms with Crippen LogP contribution in [0, 0.1) is 35.3 Å². The molecule has 0 aromatic heterocycles. The van der Waals surface area contributed by atoms with Crippen molar-refractivity contribution in [2.75, 3.05) is 36.7 Å². The van der Waals surface area contributed by atoms with E-state index in [0.717, 1.165) is 69.1 Å². The number of thioether (sulfide) groups is 1. The number of carbonyl (C=O) groups is 1. The van der Waals surface area contributed by atoms with Gasteiger partial charge in [-0.2, -0.15) is 60.0 Å². The number of carboxylic acid groups (broad SMARTS) is 1. The molecule has 126 heavy (non-hydrogen) atoms. The lowest BCUT2D eigenvalue weighted by molar-refractivity contribution is -0.0519. The van der Waals surface area contributed by atoms with E-state index in [1.54, 1.807) is 58.3 Å². The van der Waals surface area contributed by atoms with Gasteiger partial charge in [0.2, 0.25) is 13.7 Å². The molecular formula is C100H132F10O10S6. The van der Waals surface area contributed by atoms with Crippen molar-refractivity contribution in [1.82, 2.24) is 0 Å². The molecule has 698 valence electrons. The van der Waals surface area contributed by atoms with Crippen LogP contribution in [0.1, 0.15) is 308 Å². The predicted octanol–water partition coefficient (Wildman–Crippen LogP) is 30.8. The minimum atomic E-state index is -6.09. The number of unbranched alkanes of at least 4 members (excludes halogenated alkanes) is 8. The lowest BCUT2D eigenvalue weighted by atomic mass is 9.77. The van der Waals surface area contributed by atoms with Crippen LogP contribution in [0.15, 0.2) is 170 Å². The van der Waals surface area contributed by atoms with Crippen molar-refractivity contribution in [2.24, 2.45) is 23.7 Å². The van der Waals surface area contributed by atoms with Crippen LogP contribution >= 0.6 is 37.0 Å². The second-order valence-corrected chi connectivity index (χ2v) is 39.4. The Kier molecular flexibility index (Phi) is 50.2. The first kappa shape index (κ1) is 108. The Hall–Kier alpha value is -6.39. The van der Waals surface area contributed by atoms with Crippen LogP contribution in [0.25, 0.3) is 32.7 Å². The number of ether oxygens (including phenoxy) is 2. The Morgan fingerprint density at radius 1 is 0.444 bits per heavy atom. The van der Waals surface area contributed by atoms with Gasteiger partial charge in [0.15, 0.2) is 27.2 Å². The van der Waals surface area contributed by atoms with Gasteiger partial charge >= 0.3 is 27.1 Å². The molecule has 0 saturated heterocycles. The number of hydrogen-bond acceptors (Lipinski definition) is 11. The summed E-state index contributed by atoms with van der Waals surface area (Å²) in [6, 6.07) is 54.1. The van der Waals surface area contributed by atoms with Crippen molar-refractivity contribution in [3.63, 3.8) is 0 Å². The SMILES string of the molecule is CCCCCC1CCC(c2ccc(C(=O)O)cc2)CC1.CCCCCC1CCC(c2ccc(C3=[S+]CCCS3)cc2)CC1.CCCCCC1CCC(c2ccc(F)cc2)CC1.CCCCCC1CCC(c2ccc(F)cc2)CC1.FCOc1ccc2ccccc2c1-c1c(OCF)ccc2ccccc12.O=S(=O)(O)C(F)(F)F.O=S(=O)([O-])C(F)(F)F.SCCCS. The molecule has 0 amide bonds. The van der Waals surface area contributed by atoms with Crippen LogP contribution in [0.3, 0.4) is 0 Å². The van der Waals surface area contributed by atoms with Gasteiger partial charge in [-0.05, 0) is 272 Å². The summed E-state index contributed by atoms with van der Waals surface area (Å²) >= 11 is 12.0. The average molecular weight is 1880 g/mol. The number of alkyl halides is 8. The summed E-state index contributed by atoms with van der Waals surface area (Å²) < 4.78 is 180. The number of halogens is 10. The fourth-order valence-electron chi connectivity index (χ4n) is 17.2. The minimum absolute atomic E-state index is 0.119. The molecule has 0 atom stereocenters. The third-order valence-corrected chi connectivity index (χ3v) is 28.8. The Bertz CT molecular complexity index is 4420. The maximum Gasteiger partial charge on any atom is 0.522 e. The molecule has 1 aliphatic heterocycles. The van der Waals surface area contributed by atoms with E-state index in [4.69, 9.17) is 40.5 Å². The van der Waals surface area contributed by atoms with Gasteiger partial charge in [0.1, 0.15) is 23.1 Å². The Balaban J connectivity index is 0.000000231. The smallest absolute Gasteiger partial charge is 0.522 e. The minimum Gasteiger partial charge on any atom is -0.741 e. The molecule has 8 aromatic rings. The Morgan fingerprint density at radius 3 is 1.00 bits per heavy atom. The van der Waals surface area contributed by atoms with E-state index >= 15 is 0 Å². The molecule has 4 fully saturated rings. The number of carboxylic acids is 1. The second kappa shape index (κ2) is 58.4. The summed E-state index contributed by atoms with van der Waals surface area (Å²) in [7, 11) is -11.9. The molecule has 13 rings (SSSR count). The van der Waals surface area contributed by atoms with Gasteiger partial charge in [-0.3, -0.25) is 4.55 Å². The van der Waals surface area contributed by atoms with E-state index < -0.39 is 50.9 Å². The molecule has 1 heterocycles. The normalized spacial score (nSPS) is 19.5. The topological polar surface area (TPSA) is 167 Å². The molecule has 4 saturated carbocycles. The quantitative estimate of drug-likeness (QED) is 0.00670. The summed E-state index contributed by atoms with van der Waals surface area (Å²) in [5.41, 5.74) is -2.36. The maximum absolute atomic E-state index is 13.0. The molecule has 5 aliphatic rings. The van der Waals surface area contributed by atoms with Crippen LogP contribution in [0.2, 0.25) is 0 Å². The van der Waals surface area contributed by atoms with Crippen LogP contribution in [-0.4, -0.2) is 89.0 Å². The number of fused-ring (bicyclic) bond motifs is 2. The molecule has 4 aliphatic carbocycles. The lowest BCUT2D eigenvalue weighted by Gasteiger charge is -2.29. The molecule has 0 radical (unpaired) electrons. The van der Waals surface area contributed by atoms with Crippen LogP contribution in [0.4, 0.5) is 43.9 Å². The lowest BCUT2D eigenvalue weighted by Crippen LogP contribution is -2.21. The summed E-state index contributed by atoms with van der Waals surface area (Å²) in [5.74, 6) is 10.9. The third-order valence-electron chi connectivity index (χ3n) is 24.3. The fourth-order valence-corrected chi connectivity index (χ4v) is 20.3. The van der Waals surface area contributed by atoms with Gasteiger partial charge in [-0.25, -0.2) is 30.8 Å². The first-order chi connectivity index (χ1) is 60.4. The van der Waals surface area contributed by atoms with E-state index in [1.165, 1.54) is 246 Å². The van der Waals surface area contributed by atoms with Crippen molar-refractivity contribution >= 4 is 100 Å². The summed E-state index contributed by atoms with van der Waals surface area (Å²) in [4.78, 5) is 10.9. The second-order valence-electron chi connectivity index (χ2n) is 33.3. The molecule has 10 nitrogen and oxygen atoms in total. The van der Waals surface area contributed by atoms with Gasteiger partial charge in [-0.1, -0.05) is 251 Å². The molecule has 0 spiro atoms. The number of rotatable bonds is 29. The molecule has 2 N–H and O–H groups in total. The third kappa shape index (κ3) is 38.6. The van der Waals surface area contributed by atoms with E-state index in [1.807, 2.05) is 120 Å². The van der Waals surface area contributed by atoms with Crippen molar-refractivity contribution < 1.29 is 89.2 Å². The monoisotopic (exact) mass is 1870 g/mol. The summed E-state index contributed by atoms with van der Waals surface area (Å²) in [5, 5.41) is 12.7. The molecule has 0 unspecified atom stereocenters. The number of benzene rings is 8. The van der Waals surface area contributed by atoms with Crippen molar-refractivity contribution in [1.29, 1.82) is 0 Å². The van der Waals surface area contributed by atoms with E-state index in [0.29, 0.717) is 45.9 Å². The van der Waals surface area contributed by atoms with Gasteiger partial charge < -0.3 is 19.1 Å². The number of hydrogen-bond donors (Lipinski definition) is 4. The Labute approximate surface area is 762 Å². The first-order valence-corrected chi connectivity index (χ1v) is 51.2. The van der Waals surface area contributed by atoms with Gasteiger partial charge in [0, 0.05) is 28.9 Å². The fraction of sp³-hybridized carbons (Fsp3) is 0.540. The van der Waals surface area contributed by atoms with Gasteiger partial charge in [0.05, 0.1) is 5.56 Å². The predicted molar refractivity (Wildman–Crippen MR) is 507 cm³/mol. The maximum atomic E-state index is 13.0. The number of thiol groups is 2.